The summed E-state index contributed by atoms with van der Waals surface area (Å²) >= 11 is 15.2. The van der Waals surface area contributed by atoms with Gasteiger partial charge in [-0.3, -0.25) is 0 Å². The van der Waals surface area contributed by atoms with E-state index in [-0.39, 0.29) is 34.0 Å². The molecule has 1 rings (SSSR count). The van der Waals surface area contributed by atoms with Gasteiger partial charge in [-0.05, 0) is 30.9 Å². The van der Waals surface area contributed by atoms with Crippen LogP contribution in [0, 0.1) is 5.92 Å². The van der Waals surface area contributed by atoms with Crippen LogP contribution in [-0.4, -0.2) is 26.7 Å². The number of aliphatic hydroxyl groups is 1. The maximum absolute atomic E-state index is 12.3. The van der Waals surface area contributed by atoms with Crippen molar-refractivity contribution in [1.29, 1.82) is 0 Å². The second-order valence-corrected chi connectivity index (χ2v) is 8.15. The predicted molar refractivity (Wildman–Crippen MR) is 89.5 cm³/mol. The Kier molecular flexibility index (Phi) is 7.95. The van der Waals surface area contributed by atoms with Gasteiger partial charge in [-0.1, -0.05) is 52.5 Å². The van der Waals surface area contributed by atoms with Gasteiger partial charge in [0, 0.05) is 17.6 Å². The van der Waals surface area contributed by atoms with Crippen molar-refractivity contribution in [3.05, 3.63) is 26.7 Å². The minimum Gasteiger partial charge on any atom is -0.396 e. The SMILES string of the molecule is CCCC(CCO)CNS(=O)(=O)c1c(Cl)cc(Br)cc1Cl. The van der Waals surface area contributed by atoms with Gasteiger partial charge in [-0.2, -0.15) is 0 Å². The maximum Gasteiger partial charge on any atom is 0.243 e. The first-order valence-electron chi connectivity index (χ1n) is 6.56. The Morgan fingerprint density at radius 2 is 1.86 bits per heavy atom. The lowest BCUT2D eigenvalue weighted by atomic mass is 10.0. The number of rotatable bonds is 8. The Hall–Kier alpha value is 0.150. The summed E-state index contributed by atoms with van der Waals surface area (Å²) in [6.07, 6.45) is 2.31. The molecule has 1 unspecified atom stereocenters. The molecule has 1 aromatic carbocycles. The summed E-state index contributed by atoms with van der Waals surface area (Å²) in [7, 11) is -3.79. The smallest absolute Gasteiger partial charge is 0.243 e. The minimum absolute atomic E-state index is 0.0339. The molecule has 8 heteroatoms. The average molecular weight is 419 g/mol. The van der Waals surface area contributed by atoms with Gasteiger partial charge < -0.3 is 5.11 Å². The molecule has 4 nitrogen and oxygen atoms in total. The van der Waals surface area contributed by atoms with Gasteiger partial charge in [0.15, 0.2) is 0 Å². The summed E-state index contributed by atoms with van der Waals surface area (Å²) in [5.74, 6) is 0.0859. The standard InChI is InChI=1S/C13H18BrCl2NO3S/c1-2-3-9(4-5-18)8-17-21(19,20)13-11(15)6-10(14)7-12(13)16/h6-7,9,17-18H,2-5,8H2,1H3. The van der Waals surface area contributed by atoms with Crippen LogP contribution in [0.15, 0.2) is 21.5 Å². The summed E-state index contributed by atoms with van der Waals surface area (Å²) in [6, 6.07) is 2.97. The van der Waals surface area contributed by atoms with Crippen molar-refractivity contribution in [3.63, 3.8) is 0 Å². The van der Waals surface area contributed by atoms with Gasteiger partial charge >= 0.3 is 0 Å². The summed E-state index contributed by atoms with van der Waals surface area (Å²) < 4.78 is 27.8. The molecule has 0 heterocycles. The highest BCUT2D eigenvalue weighted by atomic mass is 79.9. The van der Waals surface area contributed by atoms with E-state index >= 15 is 0 Å². The zero-order chi connectivity index (χ0) is 16.0. The van der Waals surface area contributed by atoms with Crippen LogP contribution in [0.2, 0.25) is 10.0 Å². The third kappa shape index (κ3) is 5.69. The normalized spacial score (nSPS) is 13.4. The summed E-state index contributed by atoms with van der Waals surface area (Å²) in [5.41, 5.74) is 0. The number of aliphatic hydroxyl groups excluding tert-OH is 1. The molecule has 120 valence electrons. The molecule has 0 aromatic heterocycles. The molecule has 0 aliphatic heterocycles. The van der Waals surface area contributed by atoms with E-state index in [0.29, 0.717) is 10.9 Å². The van der Waals surface area contributed by atoms with Crippen LogP contribution >= 0.6 is 39.1 Å². The molecule has 0 amide bonds. The third-order valence-electron chi connectivity index (χ3n) is 3.03. The Morgan fingerprint density at radius 1 is 1.29 bits per heavy atom. The van der Waals surface area contributed by atoms with Crippen molar-refractivity contribution in [2.75, 3.05) is 13.2 Å². The van der Waals surface area contributed by atoms with Gasteiger partial charge in [0.05, 0.1) is 10.0 Å². The molecule has 0 radical (unpaired) electrons. The lowest BCUT2D eigenvalue weighted by molar-refractivity contribution is 0.251. The second-order valence-electron chi connectivity index (χ2n) is 4.72. The lowest BCUT2D eigenvalue weighted by Crippen LogP contribution is -2.30. The number of hydrogen-bond donors (Lipinski definition) is 2. The lowest BCUT2D eigenvalue weighted by Gasteiger charge is -2.17. The molecule has 0 saturated carbocycles. The van der Waals surface area contributed by atoms with Crippen LogP contribution in [0.25, 0.3) is 0 Å². The number of nitrogens with one attached hydrogen (secondary N) is 1. The zero-order valence-corrected chi connectivity index (χ0v) is 15.5. The van der Waals surface area contributed by atoms with Gasteiger partial charge in [0.2, 0.25) is 10.0 Å². The fourth-order valence-corrected chi connectivity index (χ4v) is 5.07. The van der Waals surface area contributed by atoms with Crippen molar-refractivity contribution in [2.45, 2.75) is 31.1 Å². The van der Waals surface area contributed by atoms with E-state index in [4.69, 9.17) is 28.3 Å². The van der Waals surface area contributed by atoms with Crippen LogP contribution in [0.3, 0.4) is 0 Å². The van der Waals surface area contributed by atoms with E-state index in [0.717, 1.165) is 12.8 Å². The minimum atomic E-state index is -3.79. The summed E-state index contributed by atoms with van der Waals surface area (Å²) in [6.45, 7) is 2.30. The Balaban J connectivity index is 2.92. The van der Waals surface area contributed by atoms with Crippen molar-refractivity contribution in [1.82, 2.24) is 4.72 Å². The Labute approximate surface area is 144 Å². The number of hydrogen-bond acceptors (Lipinski definition) is 3. The van der Waals surface area contributed by atoms with E-state index in [9.17, 15) is 8.42 Å². The second kappa shape index (κ2) is 8.70. The molecule has 2 N–H and O–H groups in total. The van der Waals surface area contributed by atoms with Crippen LogP contribution in [0.1, 0.15) is 26.2 Å². The van der Waals surface area contributed by atoms with E-state index in [2.05, 4.69) is 20.7 Å². The summed E-state index contributed by atoms with van der Waals surface area (Å²) in [4.78, 5) is -0.117. The van der Waals surface area contributed by atoms with Crippen LogP contribution in [0.4, 0.5) is 0 Å². The van der Waals surface area contributed by atoms with Crippen LogP contribution in [0.5, 0.6) is 0 Å². The first kappa shape index (κ1) is 19.2. The van der Waals surface area contributed by atoms with Crippen LogP contribution in [-0.2, 0) is 10.0 Å². The number of halogens is 3. The molecule has 0 saturated heterocycles. The average Bonchev–Trinajstić information content (AvgIpc) is 2.35. The van der Waals surface area contributed by atoms with Crippen molar-refractivity contribution in [2.24, 2.45) is 5.92 Å². The number of benzene rings is 1. The van der Waals surface area contributed by atoms with E-state index in [1.807, 2.05) is 6.92 Å². The fraction of sp³-hybridized carbons (Fsp3) is 0.538. The summed E-state index contributed by atoms with van der Waals surface area (Å²) in [5, 5.41) is 9.14. The van der Waals surface area contributed by atoms with E-state index in [1.165, 1.54) is 12.1 Å². The van der Waals surface area contributed by atoms with Gasteiger partial charge in [0.1, 0.15) is 4.90 Å². The highest BCUT2D eigenvalue weighted by Crippen LogP contribution is 2.32. The maximum atomic E-state index is 12.3. The monoisotopic (exact) mass is 417 g/mol. The van der Waals surface area contributed by atoms with Gasteiger partial charge in [0.25, 0.3) is 0 Å². The molecule has 0 spiro atoms. The first-order valence-corrected chi connectivity index (χ1v) is 9.60. The van der Waals surface area contributed by atoms with E-state index < -0.39 is 10.0 Å². The molecule has 1 aromatic rings. The Morgan fingerprint density at radius 3 is 2.33 bits per heavy atom. The highest BCUT2D eigenvalue weighted by Gasteiger charge is 2.23. The Bertz CT molecular complexity index is 552. The van der Waals surface area contributed by atoms with Crippen molar-refractivity contribution < 1.29 is 13.5 Å². The fourth-order valence-electron chi connectivity index (χ4n) is 2.02. The highest BCUT2D eigenvalue weighted by molar-refractivity contribution is 9.10. The number of sulfonamides is 1. The largest absolute Gasteiger partial charge is 0.396 e. The predicted octanol–water partition coefficient (Wildman–Crippen LogP) is 3.83. The quantitative estimate of drug-likeness (QED) is 0.673. The van der Waals surface area contributed by atoms with Gasteiger partial charge in [-0.15, -0.1) is 0 Å². The van der Waals surface area contributed by atoms with Gasteiger partial charge in [-0.25, -0.2) is 13.1 Å². The molecule has 0 fully saturated rings. The molecule has 0 bridgehead atoms. The molecule has 0 aliphatic rings. The zero-order valence-electron chi connectivity index (χ0n) is 11.6. The molecular weight excluding hydrogens is 401 g/mol. The molecular formula is C13H18BrCl2NO3S. The molecule has 0 aliphatic carbocycles. The molecule has 1 atom stereocenters. The van der Waals surface area contributed by atoms with Crippen molar-refractivity contribution in [3.8, 4) is 0 Å². The van der Waals surface area contributed by atoms with E-state index in [1.54, 1.807) is 0 Å². The first-order chi connectivity index (χ1) is 9.81. The third-order valence-corrected chi connectivity index (χ3v) is 5.83. The topological polar surface area (TPSA) is 66.4 Å². The van der Waals surface area contributed by atoms with Crippen molar-refractivity contribution >= 4 is 49.2 Å². The van der Waals surface area contributed by atoms with Crippen LogP contribution < -0.4 is 4.72 Å². The molecule has 21 heavy (non-hydrogen) atoms.